The van der Waals surface area contributed by atoms with Crippen LogP contribution in [0.25, 0.3) is 10.6 Å². The molecule has 0 fully saturated rings. The third-order valence-corrected chi connectivity index (χ3v) is 5.23. The molecular formula is C21H21NO5S. The second kappa shape index (κ2) is 8.75. The summed E-state index contributed by atoms with van der Waals surface area (Å²) < 4.78 is 16.8. The summed E-state index contributed by atoms with van der Waals surface area (Å²) in [4.78, 5) is 15.8. The first-order valence-electron chi connectivity index (χ1n) is 8.69. The average molecular weight is 399 g/mol. The van der Waals surface area contributed by atoms with E-state index in [1.807, 2.05) is 37.3 Å². The Kier molecular flexibility index (Phi) is 6.16. The van der Waals surface area contributed by atoms with Crippen LogP contribution in [-0.2, 0) is 0 Å². The van der Waals surface area contributed by atoms with Gasteiger partial charge < -0.3 is 19.3 Å². The number of ether oxygens (including phenoxy) is 3. The molecule has 0 unspecified atom stereocenters. The molecule has 0 aliphatic carbocycles. The number of thiazole rings is 1. The number of benzene rings is 2. The highest BCUT2D eigenvalue weighted by atomic mass is 32.1. The van der Waals surface area contributed by atoms with Crippen LogP contribution in [0.15, 0.2) is 42.5 Å². The smallest absolute Gasteiger partial charge is 0.347 e. The number of nitrogens with zero attached hydrogens (tertiary/aromatic N) is 1. The fourth-order valence-corrected chi connectivity index (χ4v) is 3.49. The van der Waals surface area contributed by atoms with Crippen molar-refractivity contribution >= 4 is 17.3 Å². The second-order valence-corrected chi connectivity index (χ2v) is 7.11. The van der Waals surface area contributed by atoms with Gasteiger partial charge in [-0.2, -0.15) is 0 Å². The molecule has 6 nitrogen and oxygen atoms in total. The van der Waals surface area contributed by atoms with Gasteiger partial charge in [0.05, 0.1) is 12.8 Å². The Balaban J connectivity index is 1.65. The summed E-state index contributed by atoms with van der Waals surface area (Å²) in [6.07, 6.45) is 0. The Morgan fingerprint density at radius 1 is 1.04 bits per heavy atom. The Labute approximate surface area is 167 Å². The summed E-state index contributed by atoms with van der Waals surface area (Å²) >= 11 is 1.14. The van der Waals surface area contributed by atoms with Gasteiger partial charge in [0.2, 0.25) is 0 Å². The summed E-state index contributed by atoms with van der Waals surface area (Å²) in [5, 5.41) is 9.83. The van der Waals surface area contributed by atoms with Gasteiger partial charge in [0.15, 0.2) is 11.5 Å². The maximum atomic E-state index is 11.2. The molecule has 1 heterocycles. The summed E-state index contributed by atoms with van der Waals surface area (Å²) in [5.74, 6) is 0.967. The molecule has 146 valence electrons. The summed E-state index contributed by atoms with van der Waals surface area (Å²) in [6.45, 7) is 4.48. The first-order chi connectivity index (χ1) is 13.5. The van der Waals surface area contributed by atoms with Gasteiger partial charge in [-0.05, 0) is 44.2 Å². The van der Waals surface area contributed by atoms with E-state index in [2.05, 4.69) is 4.98 Å². The quantitative estimate of drug-likeness (QED) is 0.558. The molecule has 0 spiro atoms. The molecule has 7 heteroatoms. The van der Waals surface area contributed by atoms with E-state index in [1.165, 1.54) is 5.56 Å². The predicted molar refractivity (Wildman–Crippen MR) is 108 cm³/mol. The lowest BCUT2D eigenvalue weighted by Gasteiger charge is -2.12. The molecular weight excluding hydrogens is 378 g/mol. The van der Waals surface area contributed by atoms with Gasteiger partial charge in [0.1, 0.15) is 28.8 Å². The monoisotopic (exact) mass is 399 g/mol. The van der Waals surface area contributed by atoms with Crippen LogP contribution in [0.2, 0.25) is 0 Å². The second-order valence-electron chi connectivity index (χ2n) is 6.11. The molecule has 1 N–H and O–H groups in total. The van der Waals surface area contributed by atoms with E-state index in [4.69, 9.17) is 14.2 Å². The molecule has 1 aromatic heterocycles. The molecule has 0 bridgehead atoms. The minimum absolute atomic E-state index is 0.238. The average Bonchev–Trinajstić information content (AvgIpc) is 3.08. The number of carboxylic acid groups (broad SMARTS) is 1. The van der Waals surface area contributed by atoms with Gasteiger partial charge in [0, 0.05) is 5.56 Å². The van der Waals surface area contributed by atoms with E-state index in [1.54, 1.807) is 26.2 Å². The van der Waals surface area contributed by atoms with E-state index in [0.29, 0.717) is 35.4 Å². The van der Waals surface area contributed by atoms with E-state index < -0.39 is 5.97 Å². The lowest BCUT2D eigenvalue weighted by molar-refractivity contribution is 0.0701. The molecule has 0 amide bonds. The van der Waals surface area contributed by atoms with Gasteiger partial charge in [-0.1, -0.05) is 17.7 Å². The number of aromatic nitrogens is 1. The van der Waals surface area contributed by atoms with Crippen molar-refractivity contribution in [2.24, 2.45) is 0 Å². The topological polar surface area (TPSA) is 77.9 Å². The molecule has 2 aromatic carbocycles. The Morgan fingerprint density at radius 3 is 2.39 bits per heavy atom. The third kappa shape index (κ3) is 4.61. The zero-order valence-electron chi connectivity index (χ0n) is 15.9. The zero-order chi connectivity index (χ0) is 20.1. The maximum absolute atomic E-state index is 11.2. The van der Waals surface area contributed by atoms with E-state index in [9.17, 15) is 9.90 Å². The van der Waals surface area contributed by atoms with Gasteiger partial charge in [-0.15, -0.1) is 11.3 Å². The Morgan fingerprint density at radius 2 is 1.75 bits per heavy atom. The van der Waals surface area contributed by atoms with Crippen LogP contribution >= 0.6 is 11.3 Å². The molecule has 0 saturated carbocycles. The largest absolute Gasteiger partial charge is 0.493 e. The van der Waals surface area contributed by atoms with Gasteiger partial charge >= 0.3 is 5.97 Å². The van der Waals surface area contributed by atoms with Crippen LogP contribution in [0.4, 0.5) is 0 Å². The van der Waals surface area contributed by atoms with Crippen LogP contribution in [0, 0.1) is 13.8 Å². The zero-order valence-corrected chi connectivity index (χ0v) is 16.7. The summed E-state index contributed by atoms with van der Waals surface area (Å²) in [7, 11) is 1.56. The highest BCUT2D eigenvalue weighted by Gasteiger charge is 2.16. The molecule has 0 saturated heterocycles. The Bertz CT molecular complexity index is 965. The van der Waals surface area contributed by atoms with E-state index in [0.717, 1.165) is 22.6 Å². The number of rotatable bonds is 8. The number of methoxy groups -OCH3 is 1. The third-order valence-electron chi connectivity index (χ3n) is 4.03. The molecule has 0 radical (unpaired) electrons. The number of hydrogen-bond donors (Lipinski definition) is 1. The summed E-state index contributed by atoms with van der Waals surface area (Å²) in [6, 6.07) is 13.3. The number of hydrogen-bond acceptors (Lipinski definition) is 6. The van der Waals surface area contributed by atoms with Crippen molar-refractivity contribution in [2.45, 2.75) is 13.8 Å². The van der Waals surface area contributed by atoms with E-state index in [-0.39, 0.29) is 4.88 Å². The van der Waals surface area contributed by atoms with Crippen LogP contribution < -0.4 is 14.2 Å². The van der Waals surface area contributed by atoms with Gasteiger partial charge in [0.25, 0.3) is 0 Å². The fourth-order valence-electron chi connectivity index (χ4n) is 2.58. The van der Waals surface area contributed by atoms with Crippen molar-refractivity contribution in [3.05, 3.63) is 58.6 Å². The van der Waals surface area contributed by atoms with E-state index >= 15 is 0 Å². The van der Waals surface area contributed by atoms with Gasteiger partial charge in [-0.25, -0.2) is 9.78 Å². The van der Waals surface area contributed by atoms with Crippen molar-refractivity contribution in [2.75, 3.05) is 20.3 Å². The normalized spacial score (nSPS) is 10.5. The predicted octanol–water partition coefficient (Wildman–Crippen LogP) is 4.59. The number of carbonyl (C=O) groups is 1. The van der Waals surface area contributed by atoms with Crippen LogP contribution in [-0.4, -0.2) is 36.4 Å². The van der Waals surface area contributed by atoms with Crippen molar-refractivity contribution in [1.29, 1.82) is 0 Å². The van der Waals surface area contributed by atoms with Crippen molar-refractivity contribution < 1.29 is 24.1 Å². The van der Waals surface area contributed by atoms with Crippen molar-refractivity contribution in [3.8, 4) is 27.8 Å². The molecule has 28 heavy (non-hydrogen) atoms. The number of carboxylic acids is 1. The lowest BCUT2D eigenvalue weighted by atomic mass is 10.2. The number of aryl methyl sites for hydroxylation is 2. The fraction of sp³-hybridized carbons (Fsp3) is 0.238. The Hall–Kier alpha value is -3.06. The number of aromatic carboxylic acids is 1. The highest BCUT2D eigenvalue weighted by molar-refractivity contribution is 7.17. The highest BCUT2D eigenvalue weighted by Crippen LogP contribution is 2.35. The standard InChI is InChI=1S/C21H21NO5S/c1-13-4-7-16(8-5-13)26-10-11-27-17-9-6-15(12-18(17)25-3)20-22-14(2)19(28-20)21(23)24/h4-9,12H,10-11H2,1-3H3,(H,23,24). The van der Waals surface area contributed by atoms with Crippen molar-refractivity contribution in [3.63, 3.8) is 0 Å². The summed E-state index contributed by atoms with van der Waals surface area (Å²) in [5.41, 5.74) is 2.46. The molecule has 3 aromatic rings. The first-order valence-corrected chi connectivity index (χ1v) is 9.51. The van der Waals surface area contributed by atoms with Crippen LogP contribution in [0.1, 0.15) is 20.9 Å². The minimum Gasteiger partial charge on any atom is -0.493 e. The van der Waals surface area contributed by atoms with Crippen molar-refractivity contribution in [1.82, 2.24) is 4.98 Å². The van der Waals surface area contributed by atoms with Crippen LogP contribution in [0.5, 0.6) is 17.2 Å². The molecule has 3 rings (SSSR count). The minimum atomic E-state index is -0.971. The van der Waals surface area contributed by atoms with Gasteiger partial charge in [-0.3, -0.25) is 0 Å². The van der Waals surface area contributed by atoms with Crippen LogP contribution in [0.3, 0.4) is 0 Å². The SMILES string of the molecule is COc1cc(-c2nc(C)c(C(=O)O)s2)ccc1OCCOc1ccc(C)cc1. The molecule has 0 aliphatic heterocycles. The lowest BCUT2D eigenvalue weighted by Crippen LogP contribution is -2.09. The first kappa shape index (κ1) is 19.7. The molecule has 0 aliphatic rings. The molecule has 0 atom stereocenters. The maximum Gasteiger partial charge on any atom is 0.347 e.